The van der Waals surface area contributed by atoms with Crippen molar-refractivity contribution >= 4 is 5.91 Å². The van der Waals surface area contributed by atoms with Crippen molar-refractivity contribution in [2.45, 2.75) is 19.5 Å². The molecule has 0 spiro atoms. The van der Waals surface area contributed by atoms with Crippen LogP contribution >= 0.6 is 0 Å². The maximum Gasteiger partial charge on any atom is 0.273 e. The van der Waals surface area contributed by atoms with Crippen molar-refractivity contribution in [1.29, 1.82) is 0 Å². The molecule has 0 radical (unpaired) electrons. The second kappa shape index (κ2) is 8.31. The van der Waals surface area contributed by atoms with Gasteiger partial charge in [0.05, 0.1) is 12.6 Å². The fourth-order valence-corrected chi connectivity index (χ4v) is 4.25. The smallest absolute Gasteiger partial charge is 0.273 e. The highest BCUT2D eigenvalue weighted by Gasteiger charge is 2.42. The van der Waals surface area contributed by atoms with E-state index in [0.717, 1.165) is 11.1 Å². The molecule has 1 aliphatic rings. The zero-order chi connectivity index (χ0) is 22.9. The number of hydrogen-bond donors (Lipinski definition) is 3. The molecule has 0 saturated heterocycles. The van der Waals surface area contributed by atoms with E-state index < -0.39 is 6.04 Å². The number of aromatic hydroxyl groups is 2. The minimum absolute atomic E-state index is 0.0251. The first kappa shape index (κ1) is 20.6. The van der Waals surface area contributed by atoms with E-state index >= 15 is 0 Å². The molecule has 8 heteroatoms. The van der Waals surface area contributed by atoms with E-state index in [0.29, 0.717) is 41.4 Å². The average Bonchev–Trinajstić information content (AvgIpc) is 3.36. The monoisotopic (exact) mass is 442 g/mol. The van der Waals surface area contributed by atoms with Crippen LogP contribution in [0.1, 0.15) is 40.1 Å². The molecule has 0 bridgehead atoms. The van der Waals surface area contributed by atoms with Crippen LogP contribution in [0.2, 0.25) is 0 Å². The van der Waals surface area contributed by atoms with Gasteiger partial charge in [0, 0.05) is 30.1 Å². The van der Waals surface area contributed by atoms with Crippen molar-refractivity contribution < 1.29 is 19.7 Å². The number of phenolic OH excluding ortho intramolecular Hbond substituents is 2. The third-order valence-electron chi connectivity index (χ3n) is 5.70. The minimum atomic E-state index is -0.513. The first-order valence-corrected chi connectivity index (χ1v) is 10.6. The van der Waals surface area contributed by atoms with Crippen molar-refractivity contribution in [1.82, 2.24) is 20.1 Å². The quantitative estimate of drug-likeness (QED) is 0.416. The Labute approximate surface area is 190 Å². The van der Waals surface area contributed by atoms with Gasteiger partial charge in [-0.25, -0.2) is 0 Å². The van der Waals surface area contributed by atoms with Crippen molar-refractivity contribution in [2.24, 2.45) is 0 Å². The predicted molar refractivity (Wildman–Crippen MR) is 121 cm³/mol. The number of nitrogens with one attached hydrogen (secondary N) is 1. The van der Waals surface area contributed by atoms with Crippen LogP contribution < -0.4 is 4.74 Å². The summed E-state index contributed by atoms with van der Waals surface area (Å²) in [6, 6.07) is 15.2. The molecule has 0 saturated carbocycles. The highest BCUT2D eigenvalue weighted by Crippen LogP contribution is 2.46. The molecule has 5 rings (SSSR count). The van der Waals surface area contributed by atoms with E-state index in [1.807, 2.05) is 25.1 Å². The Morgan fingerprint density at radius 1 is 1.09 bits per heavy atom. The van der Waals surface area contributed by atoms with Crippen LogP contribution in [0.25, 0.3) is 11.3 Å². The van der Waals surface area contributed by atoms with Gasteiger partial charge in [-0.15, -0.1) is 0 Å². The maximum absolute atomic E-state index is 13.5. The summed E-state index contributed by atoms with van der Waals surface area (Å²) in [5.74, 6) is 0.227. The molecular formula is C25H22N4O4. The van der Waals surface area contributed by atoms with Gasteiger partial charge in [0.15, 0.2) is 11.5 Å². The maximum atomic E-state index is 13.5. The standard InChI is InChI=1S/C25H22N4O4/c1-2-33-20-12-16(9-10-19(20)31)24-21-22(17-7-3-4-8-18(17)30)27-28-23(21)25(32)29(24)14-15-6-5-11-26-13-15/h3-13,24,30-31H,2,14H2,1H3,(H,27,28). The summed E-state index contributed by atoms with van der Waals surface area (Å²) >= 11 is 0. The Balaban J connectivity index is 1.68. The number of ether oxygens (including phenoxy) is 1. The Bertz CT molecular complexity index is 1320. The Kier molecular flexibility index (Phi) is 5.18. The second-order valence-corrected chi connectivity index (χ2v) is 7.74. The third kappa shape index (κ3) is 3.55. The van der Waals surface area contributed by atoms with Crippen LogP contribution in [0.4, 0.5) is 0 Å². The molecule has 1 aliphatic heterocycles. The Morgan fingerprint density at radius 3 is 2.70 bits per heavy atom. The summed E-state index contributed by atoms with van der Waals surface area (Å²) in [7, 11) is 0. The summed E-state index contributed by atoms with van der Waals surface area (Å²) < 4.78 is 5.59. The molecule has 3 heterocycles. The number of benzene rings is 2. The number of H-pyrrole nitrogens is 1. The number of nitrogens with zero attached hydrogens (tertiary/aromatic N) is 3. The van der Waals surface area contributed by atoms with Crippen molar-refractivity contribution in [3.05, 3.63) is 89.4 Å². The van der Waals surface area contributed by atoms with Crippen LogP contribution in [-0.4, -0.2) is 42.8 Å². The van der Waals surface area contributed by atoms with Crippen LogP contribution in [0.5, 0.6) is 17.2 Å². The van der Waals surface area contributed by atoms with Crippen molar-refractivity contribution in [3.8, 4) is 28.5 Å². The van der Waals surface area contributed by atoms with Gasteiger partial charge in [-0.2, -0.15) is 5.10 Å². The lowest BCUT2D eigenvalue weighted by atomic mass is 9.95. The number of carbonyl (C=O) groups is 1. The number of hydrogen-bond acceptors (Lipinski definition) is 6. The second-order valence-electron chi connectivity index (χ2n) is 7.74. The molecule has 1 amide bonds. The topological polar surface area (TPSA) is 112 Å². The largest absolute Gasteiger partial charge is 0.507 e. The van der Waals surface area contributed by atoms with Crippen LogP contribution in [-0.2, 0) is 6.54 Å². The fourth-order valence-electron chi connectivity index (χ4n) is 4.25. The first-order valence-electron chi connectivity index (χ1n) is 10.6. The number of pyridine rings is 1. The van der Waals surface area contributed by atoms with E-state index in [9.17, 15) is 15.0 Å². The van der Waals surface area contributed by atoms with Gasteiger partial charge in [-0.3, -0.25) is 14.9 Å². The number of rotatable bonds is 6. The van der Waals surface area contributed by atoms with E-state index in [1.54, 1.807) is 53.7 Å². The van der Waals surface area contributed by atoms with Crippen LogP contribution in [0.15, 0.2) is 67.0 Å². The molecule has 1 unspecified atom stereocenters. The molecule has 1 atom stereocenters. The molecule has 166 valence electrons. The van der Waals surface area contributed by atoms with Crippen molar-refractivity contribution in [2.75, 3.05) is 6.61 Å². The van der Waals surface area contributed by atoms with Gasteiger partial charge < -0.3 is 19.8 Å². The number of phenols is 2. The number of aromatic nitrogens is 3. The first-order chi connectivity index (χ1) is 16.1. The molecule has 8 nitrogen and oxygen atoms in total. The molecule has 4 aromatic rings. The van der Waals surface area contributed by atoms with Crippen molar-refractivity contribution in [3.63, 3.8) is 0 Å². The molecular weight excluding hydrogens is 420 g/mol. The number of carbonyl (C=O) groups excluding carboxylic acids is 1. The van der Waals surface area contributed by atoms with Gasteiger partial charge in [0.2, 0.25) is 0 Å². The molecule has 3 N–H and O–H groups in total. The normalized spacial score (nSPS) is 15.0. The average molecular weight is 442 g/mol. The van der Waals surface area contributed by atoms with Gasteiger partial charge in [0.1, 0.15) is 17.1 Å². The zero-order valence-corrected chi connectivity index (χ0v) is 17.9. The predicted octanol–water partition coefficient (Wildman–Crippen LogP) is 4.03. The summed E-state index contributed by atoms with van der Waals surface area (Å²) in [6.45, 7) is 2.55. The molecule has 2 aromatic carbocycles. The van der Waals surface area contributed by atoms with E-state index in [2.05, 4.69) is 15.2 Å². The van der Waals surface area contributed by atoms with Gasteiger partial charge in [0.25, 0.3) is 5.91 Å². The number of amides is 1. The molecule has 33 heavy (non-hydrogen) atoms. The van der Waals surface area contributed by atoms with Gasteiger partial charge >= 0.3 is 0 Å². The highest BCUT2D eigenvalue weighted by molar-refractivity contribution is 6.00. The lowest BCUT2D eigenvalue weighted by molar-refractivity contribution is 0.0729. The van der Waals surface area contributed by atoms with E-state index in [1.165, 1.54) is 0 Å². The highest BCUT2D eigenvalue weighted by atomic mass is 16.5. The fraction of sp³-hybridized carbons (Fsp3) is 0.160. The summed E-state index contributed by atoms with van der Waals surface area (Å²) in [5, 5.41) is 28.0. The summed E-state index contributed by atoms with van der Waals surface area (Å²) in [6.07, 6.45) is 3.41. The molecule has 0 aliphatic carbocycles. The number of fused-ring (bicyclic) bond motifs is 1. The lowest BCUT2D eigenvalue weighted by Crippen LogP contribution is -2.29. The molecule has 0 fully saturated rings. The third-order valence-corrected chi connectivity index (χ3v) is 5.70. The van der Waals surface area contributed by atoms with Gasteiger partial charge in [-0.05, 0) is 48.4 Å². The van der Waals surface area contributed by atoms with E-state index in [-0.39, 0.29) is 17.4 Å². The lowest BCUT2D eigenvalue weighted by Gasteiger charge is -2.27. The van der Waals surface area contributed by atoms with Crippen LogP contribution in [0.3, 0.4) is 0 Å². The van der Waals surface area contributed by atoms with Crippen LogP contribution in [0, 0.1) is 0 Å². The zero-order valence-electron chi connectivity index (χ0n) is 17.9. The Morgan fingerprint density at radius 2 is 1.94 bits per heavy atom. The Hall–Kier alpha value is -4.33. The van der Waals surface area contributed by atoms with E-state index in [4.69, 9.17) is 4.74 Å². The number of aromatic amines is 1. The molecule has 2 aromatic heterocycles. The number of para-hydroxylation sites is 1. The SMILES string of the molecule is CCOc1cc(C2c3c(-c4ccccc4O)n[nH]c3C(=O)N2Cc2cccnc2)ccc1O. The summed E-state index contributed by atoms with van der Waals surface area (Å²) in [4.78, 5) is 19.4. The minimum Gasteiger partial charge on any atom is -0.507 e. The summed E-state index contributed by atoms with van der Waals surface area (Å²) in [5.41, 5.74) is 3.69. The van der Waals surface area contributed by atoms with Gasteiger partial charge in [-0.1, -0.05) is 24.3 Å².